The van der Waals surface area contributed by atoms with Crippen LogP contribution in [0.15, 0.2) is 0 Å². The molecule has 0 aromatic rings. The van der Waals surface area contributed by atoms with Gasteiger partial charge in [-0.2, -0.15) is 0 Å². The third kappa shape index (κ3) is 9.61. The standard InChI is InChI=1S/C31H53N5O8/c1-17(2)20-13-14-36(23(20)27(39)33-21(15-18-11-12-18)24(37)26(32)38)28(40)25(31(3,4)5)35-29(41)34-22(16-44-30(42)43-6)19-9-7-8-10-19/h17-23,25,30,42H,7-16H2,1-6H3,(H2,32,38)(H,33,39)(H2,34,35,41)/t20-,21?,22-,23?,25?,30?/m1/s1. The van der Waals surface area contributed by atoms with E-state index in [4.69, 9.17) is 15.2 Å². The van der Waals surface area contributed by atoms with E-state index in [2.05, 4.69) is 16.0 Å². The summed E-state index contributed by atoms with van der Waals surface area (Å²) in [5.41, 5.74) is 4.57. The molecule has 1 aliphatic heterocycles. The van der Waals surface area contributed by atoms with Crippen LogP contribution < -0.4 is 21.7 Å². The lowest BCUT2D eigenvalue weighted by molar-refractivity contribution is -0.253. The van der Waals surface area contributed by atoms with Gasteiger partial charge >= 0.3 is 6.03 Å². The first-order valence-electron chi connectivity index (χ1n) is 16.0. The summed E-state index contributed by atoms with van der Waals surface area (Å²) in [5.74, 6) is -2.58. The van der Waals surface area contributed by atoms with E-state index >= 15 is 0 Å². The second-order valence-electron chi connectivity index (χ2n) is 14.1. The molecule has 250 valence electrons. The Bertz CT molecular complexity index is 1040. The SMILES string of the molecule is COC(O)OC[C@@H](NC(=O)NC(C(=O)N1CC[C@H](C(C)C)C1C(=O)NC(CC1CC1)C(=O)C(N)=O)C(C)(C)C)C1CCCC1. The molecule has 44 heavy (non-hydrogen) atoms. The van der Waals surface area contributed by atoms with E-state index in [-0.39, 0.29) is 30.3 Å². The predicted molar refractivity (Wildman–Crippen MR) is 162 cm³/mol. The topological polar surface area (TPSA) is 189 Å². The zero-order valence-corrected chi connectivity index (χ0v) is 27.1. The normalized spacial score (nSPS) is 23.6. The number of Topliss-reactive ketones (excluding diaryl/α,β-unsaturated/α-hetero) is 1. The number of ether oxygens (including phenoxy) is 2. The lowest BCUT2D eigenvalue weighted by atomic mass is 9.84. The van der Waals surface area contributed by atoms with Crippen molar-refractivity contribution in [2.75, 3.05) is 20.3 Å². The number of hydrogen-bond acceptors (Lipinski definition) is 8. The van der Waals surface area contributed by atoms with Gasteiger partial charge in [0, 0.05) is 13.7 Å². The van der Waals surface area contributed by atoms with E-state index < -0.39 is 65.6 Å². The van der Waals surface area contributed by atoms with E-state index in [1.807, 2.05) is 34.6 Å². The fourth-order valence-corrected chi connectivity index (χ4v) is 6.51. The number of nitrogens with two attached hydrogens (primary N) is 1. The number of hydrogen-bond donors (Lipinski definition) is 5. The zero-order valence-electron chi connectivity index (χ0n) is 27.1. The van der Waals surface area contributed by atoms with Crippen LogP contribution in [0.5, 0.6) is 0 Å². The van der Waals surface area contributed by atoms with E-state index in [1.54, 1.807) is 0 Å². The Morgan fingerprint density at radius 2 is 1.61 bits per heavy atom. The van der Waals surface area contributed by atoms with Crippen molar-refractivity contribution in [1.29, 1.82) is 0 Å². The van der Waals surface area contributed by atoms with Gasteiger partial charge in [0.05, 0.1) is 18.7 Å². The second kappa shape index (κ2) is 15.5. The number of likely N-dealkylation sites (tertiary alicyclic amines) is 1. The van der Waals surface area contributed by atoms with Gasteiger partial charge in [-0.1, -0.05) is 60.3 Å². The highest BCUT2D eigenvalue weighted by molar-refractivity contribution is 6.37. The number of nitrogens with one attached hydrogen (secondary N) is 3. The minimum absolute atomic E-state index is 0.0394. The number of methoxy groups -OCH3 is 1. The van der Waals surface area contributed by atoms with Crippen LogP contribution in [-0.2, 0) is 28.7 Å². The van der Waals surface area contributed by atoms with Gasteiger partial charge in [0.25, 0.3) is 12.4 Å². The van der Waals surface area contributed by atoms with E-state index in [0.29, 0.717) is 19.4 Å². The summed E-state index contributed by atoms with van der Waals surface area (Å²) < 4.78 is 10.1. The Kier molecular flexibility index (Phi) is 12.6. The molecule has 13 nitrogen and oxygen atoms in total. The first-order valence-corrected chi connectivity index (χ1v) is 16.0. The van der Waals surface area contributed by atoms with Gasteiger partial charge in [0.2, 0.25) is 17.6 Å². The smallest absolute Gasteiger partial charge is 0.315 e. The van der Waals surface area contributed by atoms with Gasteiger partial charge < -0.3 is 41.2 Å². The number of urea groups is 1. The van der Waals surface area contributed by atoms with Crippen molar-refractivity contribution in [3.05, 3.63) is 0 Å². The minimum Gasteiger partial charge on any atom is -0.363 e. The lowest BCUT2D eigenvalue weighted by Crippen LogP contribution is -2.61. The Labute approximate surface area is 260 Å². The number of nitrogens with zero attached hydrogens (tertiary/aromatic N) is 1. The Balaban J connectivity index is 1.79. The van der Waals surface area contributed by atoms with Crippen molar-refractivity contribution in [2.45, 2.75) is 117 Å². The third-order valence-corrected chi connectivity index (χ3v) is 9.29. The number of aliphatic hydroxyl groups is 1. The molecule has 4 unspecified atom stereocenters. The molecule has 2 saturated carbocycles. The molecule has 6 N–H and O–H groups in total. The average Bonchev–Trinajstić information content (AvgIpc) is 3.41. The molecule has 6 atom stereocenters. The fraction of sp³-hybridized carbons (Fsp3) is 0.839. The fourth-order valence-electron chi connectivity index (χ4n) is 6.51. The number of primary amides is 1. The van der Waals surface area contributed by atoms with Crippen LogP contribution in [0.3, 0.4) is 0 Å². The van der Waals surface area contributed by atoms with Crippen LogP contribution in [0.1, 0.15) is 86.0 Å². The summed E-state index contributed by atoms with van der Waals surface area (Å²) in [6, 6.07) is -3.85. The monoisotopic (exact) mass is 623 g/mol. The lowest BCUT2D eigenvalue weighted by Gasteiger charge is -2.37. The number of aliphatic hydroxyl groups excluding tert-OH is 1. The van der Waals surface area contributed by atoms with Gasteiger partial charge in [-0.15, -0.1) is 0 Å². The maximum atomic E-state index is 14.2. The molecular weight excluding hydrogens is 570 g/mol. The molecule has 0 spiro atoms. The summed E-state index contributed by atoms with van der Waals surface area (Å²) in [6.07, 6.45) is 6.61. The second-order valence-corrected chi connectivity index (χ2v) is 14.1. The molecule has 3 fully saturated rings. The largest absolute Gasteiger partial charge is 0.363 e. The van der Waals surface area contributed by atoms with Gasteiger partial charge in [0.15, 0.2) is 0 Å². The van der Waals surface area contributed by atoms with Crippen molar-refractivity contribution in [3.63, 3.8) is 0 Å². The van der Waals surface area contributed by atoms with Gasteiger partial charge in [-0.25, -0.2) is 4.79 Å². The highest BCUT2D eigenvalue weighted by Crippen LogP contribution is 2.36. The summed E-state index contributed by atoms with van der Waals surface area (Å²) in [7, 11) is 1.31. The summed E-state index contributed by atoms with van der Waals surface area (Å²) in [5, 5.41) is 18.3. The number of amides is 5. The molecule has 1 heterocycles. The van der Waals surface area contributed by atoms with Crippen molar-refractivity contribution in [3.8, 4) is 0 Å². The molecule has 2 aliphatic carbocycles. The average molecular weight is 624 g/mol. The molecule has 0 radical (unpaired) electrons. The molecule has 0 aromatic heterocycles. The molecule has 3 aliphatic rings. The highest BCUT2D eigenvalue weighted by Gasteiger charge is 2.48. The molecular formula is C31H53N5O8. The highest BCUT2D eigenvalue weighted by atomic mass is 16.8. The predicted octanol–water partition coefficient (Wildman–Crippen LogP) is 1.41. The Hall–Kier alpha value is -2.77. The van der Waals surface area contributed by atoms with Crippen molar-refractivity contribution >= 4 is 29.5 Å². The number of carbonyl (C=O) groups is 5. The molecule has 13 heteroatoms. The van der Waals surface area contributed by atoms with Crippen LogP contribution in [0.25, 0.3) is 0 Å². The van der Waals surface area contributed by atoms with E-state index in [1.165, 1.54) is 12.0 Å². The Morgan fingerprint density at radius 1 is 0.977 bits per heavy atom. The van der Waals surface area contributed by atoms with Crippen LogP contribution in [0.4, 0.5) is 4.79 Å². The third-order valence-electron chi connectivity index (χ3n) is 9.29. The van der Waals surface area contributed by atoms with Crippen LogP contribution >= 0.6 is 0 Å². The molecule has 5 amide bonds. The molecule has 0 bridgehead atoms. The first kappa shape index (κ1) is 35.7. The van der Waals surface area contributed by atoms with Crippen molar-refractivity contribution in [2.24, 2.45) is 34.8 Å². The maximum absolute atomic E-state index is 14.2. The van der Waals surface area contributed by atoms with Crippen LogP contribution in [0, 0.1) is 29.1 Å². The Morgan fingerprint density at radius 3 is 2.14 bits per heavy atom. The number of rotatable bonds is 15. The first-order chi connectivity index (χ1) is 20.6. The van der Waals surface area contributed by atoms with Gasteiger partial charge in [0.1, 0.15) is 12.1 Å². The summed E-state index contributed by atoms with van der Waals surface area (Å²) >= 11 is 0. The van der Waals surface area contributed by atoms with Gasteiger partial charge in [-0.05, 0) is 54.8 Å². The van der Waals surface area contributed by atoms with E-state index in [0.717, 1.165) is 38.5 Å². The molecule has 3 rings (SSSR count). The van der Waals surface area contributed by atoms with Crippen LogP contribution in [-0.4, -0.2) is 90.4 Å². The van der Waals surface area contributed by atoms with Crippen LogP contribution in [0.2, 0.25) is 0 Å². The molecule has 0 aromatic carbocycles. The minimum atomic E-state index is -1.41. The van der Waals surface area contributed by atoms with Gasteiger partial charge in [-0.3, -0.25) is 19.2 Å². The number of carbonyl (C=O) groups excluding carboxylic acids is 5. The molecule has 1 saturated heterocycles. The van der Waals surface area contributed by atoms with E-state index in [9.17, 15) is 29.1 Å². The van der Waals surface area contributed by atoms with Crippen molar-refractivity contribution in [1.82, 2.24) is 20.9 Å². The van der Waals surface area contributed by atoms with Crippen molar-refractivity contribution < 1.29 is 38.6 Å². The quantitative estimate of drug-likeness (QED) is 0.134. The summed E-state index contributed by atoms with van der Waals surface area (Å²) in [6.45, 7) is 8.40. The number of ketones is 1. The maximum Gasteiger partial charge on any atom is 0.315 e. The zero-order chi connectivity index (χ0) is 32.8. The summed E-state index contributed by atoms with van der Waals surface area (Å²) in [4.78, 5) is 67.2.